The quantitative estimate of drug-likeness (QED) is 0.797. The Balaban J connectivity index is 2.30. The van der Waals surface area contributed by atoms with Gasteiger partial charge in [-0.2, -0.15) is 0 Å². The molecule has 1 amide bonds. The summed E-state index contributed by atoms with van der Waals surface area (Å²) in [4.78, 5) is 23.7. The second-order valence-electron chi connectivity index (χ2n) is 4.82. The molecule has 0 saturated heterocycles. The van der Waals surface area contributed by atoms with E-state index in [9.17, 15) is 9.59 Å². The van der Waals surface area contributed by atoms with Crippen LogP contribution in [0.25, 0.3) is 22.3 Å². The molecule has 0 saturated carbocycles. The van der Waals surface area contributed by atoms with E-state index in [1.807, 2.05) is 0 Å². The van der Waals surface area contributed by atoms with Crippen molar-refractivity contribution in [2.75, 3.05) is 6.61 Å². The lowest BCUT2D eigenvalue weighted by Gasteiger charge is -2.11. The van der Waals surface area contributed by atoms with Crippen LogP contribution in [0.2, 0.25) is 5.02 Å². The molecule has 0 aliphatic carbocycles. The van der Waals surface area contributed by atoms with Crippen LogP contribution in [0.15, 0.2) is 57.7 Å². The summed E-state index contributed by atoms with van der Waals surface area (Å²) in [6.45, 7) is -0.430. The zero-order chi connectivity index (χ0) is 16.4. The second-order valence-corrected chi connectivity index (χ2v) is 5.23. The predicted molar refractivity (Wildman–Crippen MR) is 87.6 cm³/mol. The van der Waals surface area contributed by atoms with Crippen molar-refractivity contribution in [3.05, 3.63) is 63.8 Å². The monoisotopic (exact) mass is 329 g/mol. The number of nitrogens with two attached hydrogens (primary N) is 1. The molecule has 3 rings (SSSR count). The molecule has 2 aromatic carbocycles. The summed E-state index contributed by atoms with van der Waals surface area (Å²) in [6.07, 6.45) is 0. The van der Waals surface area contributed by atoms with Gasteiger partial charge in [0, 0.05) is 5.56 Å². The number of benzene rings is 2. The van der Waals surface area contributed by atoms with Crippen molar-refractivity contribution in [2.45, 2.75) is 0 Å². The lowest BCUT2D eigenvalue weighted by atomic mass is 10.1. The van der Waals surface area contributed by atoms with Gasteiger partial charge >= 0.3 is 0 Å². The molecule has 1 aromatic heterocycles. The minimum absolute atomic E-state index is 0.0874. The highest BCUT2D eigenvalue weighted by Gasteiger charge is 2.19. The number of ether oxygens (including phenoxy) is 1. The van der Waals surface area contributed by atoms with E-state index in [1.54, 1.807) is 48.5 Å². The van der Waals surface area contributed by atoms with E-state index in [4.69, 9.17) is 26.5 Å². The summed E-state index contributed by atoms with van der Waals surface area (Å²) in [5, 5.41) is 0.748. The summed E-state index contributed by atoms with van der Waals surface area (Å²) in [6, 6.07) is 13.7. The first-order valence-electron chi connectivity index (χ1n) is 6.80. The van der Waals surface area contributed by atoms with Gasteiger partial charge in [0.25, 0.3) is 5.91 Å². The maximum atomic E-state index is 12.7. The van der Waals surface area contributed by atoms with Crippen LogP contribution in [0, 0.1) is 0 Å². The number of carbonyl (C=O) groups excluding carboxylic acids is 1. The van der Waals surface area contributed by atoms with E-state index in [0.717, 1.165) is 0 Å². The van der Waals surface area contributed by atoms with Crippen molar-refractivity contribution in [2.24, 2.45) is 5.73 Å². The fourth-order valence-corrected chi connectivity index (χ4v) is 2.44. The minimum Gasteiger partial charge on any atom is -0.476 e. The lowest BCUT2D eigenvalue weighted by Crippen LogP contribution is -2.22. The zero-order valence-corrected chi connectivity index (χ0v) is 12.7. The number of hydrogen-bond donors (Lipinski definition) is 1. The Morgan fingerprint density at radius 2 is 1.83 bits per heavy atom. The Hall–Kier alpha value is -2.79. The average molecular weight is 330 g/mol. The van der Waals surface area contributed by atoms with Crippen LogP contribution >= 0.6 is 11.6 Å². The van der Waals surface area contributed by atoms with Gasteiger partial charge in [0.1, 0.15) is 5.58 Å². The van der Waals surface area contributed by atoms with Gasteiger partial charge in [-0.3, -0.25) is 9.59 Å². The number of rotatable bonds is 4. The molecule has 5 nitrogen and oxygen atoms in total. The van der Waals surface area contributed by atoms with Crippen LogP contribution in [0.1, 0.15) is 0 Å². The van der Waals surface area contributed by atoms with Crippen molar-refractivity contribution in [3.63, 3.8) is 0 Å². The zero-order valence-electron chi connectivity index (χ0n) is 11.9. The lowest BCUT2D eigenvalue weighted by molar-refractivity contribution is -0.119. The number of para-hydroxylation sites is 1. The van der Waals surface area contributed by atoms with Gasteiger partial charge in [-0.15, -0.1) is 0 Å². The summed E-state index contributed by atoms with van der Waals surface area (Å²) < 4.78 is 11.1. The molecule has 0 spiro atoms. The van der Waals surface area contributed by atoms with Gasteiger partial charge in [0.2, 0.25) is 11.2 Å². The molecule has 1 heterocycles. The first kappa shape index (κ1) is 15.1. The molecule has 0 aliphatic heterocycles. The Bertz CT molecular complexity index is 949. The van der Waals surface area contributed by atoms with Crippen molar-refractivity contribution in [1.29, 1.82) is 0 Å². The van der Waals surface area contributed by atoms with E-state index >= 15 is 0 Å². The van der Waals surface area contributed by atoms with E-state index in [0.29, 0.717) is 21.6 Å². The van der Waals surface area contributed by atoms with Crippen LogP contribution in [0.5, 0.6) is 5.75 Å². The average Bonchev–Trinajstić information content (AvgIpc) is 2.54. The standard InChI is InChI=1S/C17H12ClNO4/c18-12-7-3-1-5-10(12)16-17(22-9-14(19)20)15(21)11-6-2-4-8-13(11)23-16/h1-8H,9H2,(H2,19,20). The van der Waals surface area contributed by atoms with Crippen molar-refractivity contribution in [3.8, 4) is 17.1 Å². The van der Waals surface area contributed by atoms with Crippen molar-refractivity contribution < 1.29 is 13.9 Å². The van der Waals surface area contributed by atoms with Gasteiger partial charge < -0.3 is 14.9 Å². The molecular weight excluding hydrogens is 318 g/mol. The Morgan fingerprint density at radius 1 is 1.13 bits per heavy atom. The van der Waals surface area contributed by atoms with E-state index in [1.165, 1.54) is 0 Å². The maximum Gasteiger partial charge on any atom is 0.255 e. The maximum absolute atomic E-state index is 12.7. The molecule has 6 heteroatoms. The third kappa shape index (κ3) is 2.91. The normalized spacial score (nSPS) is 10.7. The van der Waals surface area contributed by atoms with Gasteiger partial charge in [0.15, 0.2) is 12.4 Å². The molecule has 0 atom stereocenters. The highest BCUT2D eigenvalue weighted by molar-refractivity contribution is 6.33. The van der Waals surface area contributed by atoms with Gasteiger partial charge in [-0.25, -0.2) is 0 Å². The third-order valence-electron chi connectivity index (χ3n) is 3.23. The number of hydrogen-bond acceptors (Lipinski definition) is 4. The molecule has 0 aliphatic rings. The summed E-state index contributed by atoms with van der Waals surface area (Å²) in [5.41, 5.74) is 5.61. The number of halogens is 1. The van der Waals surface area contributed by atoms with Crippen LogP contribution in [-0.2, 0) is 4.79 Å². The van der Waals surface area contributed by atoms with Gasteiger partial charge in [-0.05, 0) is 24.3 Å². The largest absolute Gasteiger partial charge is 0.476 e. The molecule has 2 N–H and O–H groups in total. The van der Waals surface area contributed by atoms with Crippen LogP contribution in [-0.4, -0.2) is 12.5 Å². The molecule has 0 fully saturated rings. The number of amides is 1. The van der Waals surface area contributed by atoms with Crippen LogP contribution < -0.4 is 15.9 Å². The topological polar surface area (TPSA) is 82.5 Å². The number of fused-ring (bicyclic) bond motifs is 1. The predicted octanol–water partition coefficient (Wildman–Crippen LogP) is 2.98. The highest BCUT2D eigenvalue weighted by Crippen LogP contribution is 2.35. The number of carbonyl (C=O) groups is 1. The Labute approximate surface area is 136 Å². The van der Waals surface area contributed by atoms with Gasteiger partial charge in [-0.1, -0.05) is 35.9 Å². The molecule has 116 valence electrons. The molecular formula is C17H12ClNO4. The molecule has 23 heavy (non-hydrogen) atoms. The highest BCUT2D eigenvalue weighted by atomic mass is 35.5. The smallest absolute Gasteiger partial charge is 0.255 e. The minimum atomic E-state index is -0.692. The Morgan fingerprint density at radius 3 is 2.57 bits per heavy atom. The third-order valence-corrected chi connectivity index (χ3v) is 3.56. The van der Waals surface area contributed by atoms with E-state index < -0.39 is 12.5 Å². The fourth-order valence-electron chi connectivity index (χ4n) is 2.22. The molecule has 0 radical (unpaired) electrons. The van der Waals surface area contributed by atoms with Gasteiger partial charge in [0.05, 0.1) is 10.4 Å². The van der Waals surface area contributed by atoms with E-state index in [-0.39, 0.29) is 16.9 Å². The summed E-state index contributed by atoms with van der Waals surface area (Å²) >= 11 is 6.19. The van der Waals surface area contributed by atoms with E-state index in [2.05, 4.69) is 0 Å². The second kappa shape index (κ2) is 6.14. The van der Waals surface area contributed by atoms with Crippen LogP contribution in [0.4, 0.5) is 0 Å². The van der Waals surface area contributed by atoms with Crippen molar-refractivity contribution >= 4 is 28.5 Å². The summed E-state index contributed by atoms with van der Waals surface area (Å²) in [5.74, 6) is -0.612. The first-order valence-corrected chi connectivity index (χ1v) is 7.17. The number of primary amides is 1. The molecule has 3 aromatic rings. The van der Waals surface area contributed by atoms with Crippen molar-refractivity contribution in [1.82, 2.24) is 0 Å². The SMILES string of the molecule is NC(=O)COc1c(-c2ccccc2Cl)oc2ccccc2c1=O. The van der Waals surface area contributed by atoms with Crippen LogP contribution in [0.3, 0.4) is 0 Å². The fraction of sp³-hybridized carbons (Fsp3) is 0.0588. The molecule has 0 unspecified atom stereocenters. The molecule has 0 bridgehead atoms. The first-order chi connectivity index (χ1) is 11.1. The summed E-state index contributed by atoms with van der Waals surface area (Å²) in [7, 11) is 0. The Kier molecular flexibility index (Phi) is 4.04.